The number of anilines is 1. The van der Waals surface area contributed by atoms with Gasteiger partial charge in [0.2, 0.25) is 0 Å². The molecule has 1 N–H and O–H groups in total. The largest absolute Gasteiger partial charge is 0.494 e. The van der Waals surface area contributed by atoms with Crippen LogP contribution in [0.25, 0.3) is 10.9 Å². The quantitative estimate of drug-likeness (QED) is 0.441. The first-order valence-corrected chi connectivity index (χ1v) is 7.88. The van der Waals surface area contributed by atoms with Crippen LogP contribution in [0.3, 0.4) is 0 Å². The molecule has 0 amide bonds. The molecule has 0 bridgehead atoms. The topological polar surface area (TPSA) is 64.1 Å². The molecule has 1 aromatic carbocycles. The Hall–Kier alpha value is -3.39. The smallest absolute Gasteiger partial charge is 0.172 e. The fraction of sp³-hybridized carbons (Fsp3) is 0.150. The molecule has 3 aromatic rings. The Labute approximate surface area is 146 Å². The number of hydrogen-bond acceptors (Lipinski definition) is 5. The molecule has 0 unspecified atom stereocenters. The fourth-order valence-corrected chi connectivity index (χ4v) is 2.45. The van der Waals surface area contributed by atoms with E-state index in [1.165, 1.54) is 7.11 Å². The molecule has 0 saturated heterocycles. The third-order valence-corrected chi connectivity index (χ3v) is 3.65. The summed E-state index contributed by atoms with van der Waals surface area (Å²) in [6, 6.07) is 13.4. The van der Waals surface area contributed by atoms with Crippen molar-refractivity contribution < 1.29 is 9.53 Å². The summed E-state index contributed by atoms with van der Waals surface area (Å²) in [5.41, 5.74) is 2.81. The van der Waals surface area contributed by atoms with Crippen LogP contribution in [0.1, 0.15) is 22.6 Å². The summed E-state index contributed by atoms with van der Waals surface area (Å²) in [7, 11) is 1.50. The van der Waals surface area contributed by atoms with Gasteiger partial charge in [-0.15, -0.1) is 0 Å². The Morgan fingerprint density at radius 2 is 2.08 bits per heavy atom. The lowest BCUT2D eigenvalue weighted by Crippen LogP contribution is -2.01. The van der Waals surface area contributed by atoms with Gasteiger partial charge < -0.3 is 10.1 Å². The van der Waals surface area contributed by atoms with Crippen molar-refractivity contribution in [2.45, 2.75) is 6.42 Å². The zero-order chi connectivity index (χ0) is 17.5. The summed E-state index contributed by atoms with van der Waals surface area (Å²) in [4.78, 5) is 19.5. The summed E-state index contributed by atoms with van der Waals surface area (Å²) < 4.78 is 5.06. The second kappa shape index (κ2) is 7.93. The maximum absolute atomic E-state index is 11.0. The van der Waals surface area contributed by atoms with E-state index < -0.39 is 0 Å². The number of fused-ring (bicyclic) bond motifs is 1. The van der Waals surface area contributed by atoms with E-state index in [1.54, 1.807) is 18.3 Å². The molecule has 0 spiro atoms. The summed E-state index contributed by atoms with van der Waals surface area (Å²) in [6.07, 6.45) is 3.11. The molecule has 0 fully saturated rings. The highest BCUT2D eigenvalue weighted by molar-refractivity contribution is 5.90. The number of carbonyl (C=O) groups is 1. The molecule has 0 atom stereocenters. The summed E-state index contributed by atoms with van der Waals surface area (Å²) in [5, 5.41) is 4.46. The van der Waals surface area contributed by atoms with Crippen molar-refractivity contribution in [1.29, 1.82) is 0 Å². The van der Waals surface area contributed by atoms with E-state index in [1.807, 2.05) is 30.3 Å². The Balaban J connectivity index is 1.62. The van der Waals surface area contributed by atoms with Crippen LogP contribution in [0.4, 0.5) is 5.69 Å². The minimum atomic E-state index is 0.260. The standard InChI is InChI=1S/C20H17N3O2/c1-25-20-10-9-15(23-19(20)14-24)6-4-5-12-21-18-11-13-22-17-8-3-2-7-16(17)18/h2-3,7-11,13-14H,5,12H2,1H3,(H,21,22). The van der Waals surface area contributed by atoms with Crippen molar-refractivity contribution in [2.75, 3.05) is 19.0 Å². The van der Waals surface area contributed by atoms with E-state index in [2.05, 4.69) is 27.1 Å². The second-order valence-electron chi connectivity index (χ2n) is 5.26. The van der Waals surface area contributed by atoms with E-state index >= 15 is 0 Å². The molecular weight excluding hydrogens is 314 g/mol. The van der Waals surface area contributed by atoms with Gasteiger partial charge in [-0.1, -0.05) is 24.1 Å². The number of aldehydes is 1. The molecule has 5 heteroatoms. The molecule has 3 rings (SSSR count). The van der Waals surface area contributed by atoms with Crippen LogP contribution in [-0.2, 0) is 0 Å². The normalized spacial score (nSPS) is 9.96. The average Bonchev–Trinajstić information content (AvgIpc) is 2.67. The lowest BCUT2D eigenvalue weighted by atomic mass is 10.2. The zero-order valence-electron chi connectivity index (χ0n) is 13.8. The van der Waals surface area contributed by atoms with Gasteiger partial charge in [0, 0.05) is 30.2 Å². The highest BCUT2D eigenvalue weighted by Gasteiger charge is 2.03. The lowest BCUT2D eigenvalue weighted by molar-refractivity contribution is 0.111. The zero-order valence-corrected chi connectivity index (χ0v) is 13.8. The molecule has 2 aromatic heterocycles. The monoisotopic (exact) mass is 331 g/mol. The third kappa shape index (κ3) is 3.93. The van der Waals surface area contributed by atoms with Gasteiger partial charge in [-0.05, 0) is 30.2 Å². The number of hydrogen-bond donors (Lipinski definition) is 1. The van der Waals surface area contributed by atoms with E-state index in [0.29, 0.717) is 30.7 Å². The number of methoxy groups -OCH3 is 1. The van der Waals surface area contributed by atoms with Gasteiger partial charge in [0.1, 0.15) is 17.1 Å². The summed E-state index contributed by atoms with van der Waals surface area (Å²) in [5.74, 6) is 6.48. The van der Waals surface area contributed by atoms with Crippen LogP contribution in [0.2, 0.25) is 0 Å². The van der Waals surface area contributed by atoms with Crippen LogP contribution in [0.15, 0.2) is 48.7 Å². The number of benzene rings is 1. The van der Waals surface area contributed by atoms with Crippen LogP contribution in [0, 0.1) is 11.8 Å². The predicted octanol–water partition coefficient (Wildman–Crippen LogP) is 3.30. The van der Waals surface area contributed by atoms with Crippen LogP contribution in [-0.4, -0.2) is 29.9 Å². The molecule has 5 nitrogen and oxygen atoms in total. The maximum atomic E-state index is 11.0. The number of ether oxygens (including phenoxy) is 1. The van der Waals surface area contributed by atoms with E-state index in [4.69, 9.17) is 4.74 Å². The van der Waals surface area contributed by atoms with Gasteiger partial charge in [0.25, 0.3) is 0 Å². The molecule has 0 aliphatic carbocycles. The van der Waals surface area contributed by atoms with Crippen LogP contribution < -0.4 is 10.1 Å². The molecule has 124 valence electrons. The SMILES string of the molecule is COc1ccc(C#CCCNc2ccnc3ccccc23)nc1C=O. The molecule has 0 aliphatic rings. The van der Waals surface area contributed by atoms with Crippen molar-refractivity contribution in [3.05, 3.63) is 60.0 Å². The van der Waals surface area contributed by atoms with Crippen LogP contribution in [0.5, 0.6) is 5.75 Å². The first kappa shape index (κ1) is 16.5. The summed E-state index contributed by atoms with van der Waals surface area (Å²) in [6.45, 7) is 0.706. The van der Waals surface area contributed by atoms with Gasteiger partial charge >= 0.3 is 0 Å². The first-order chi connectivity index (χ1) is 12.3. The van der Waals surface area contributed by atoms with Crippen molar-refractivity contribution >= 4 is 22.9 Å². The molecule has 0 aliphatic heterocycles. The predicted molar refractivity (Wildman–Crippen MR) is 97.9 cm³/mol. The third-order valence-electron chi connectivity index (χ3n) is 3.65. The van der Waals surface area contributed by atoms with Gasteiger partial charge in [0.15, 0.2) is 6.29 Å². The Bertz CT molecular complexity index is 953. The Morgan fingerprint density at radius 3 is 2.92 bits per heavy atom. The summed E-state index contributed by atoms with van der Waals surface area (Å²) >= 11 is 0. The number of pyridine rings is 2. The molecular formula is C20H17N3O2. The molecule has 25 heavy (non-hydrogen) atoms. The minimum Gasteiger partial charge on any atom is -0.494 e. The van der Waals surface area contributed by atoms with Crippen LogP contribution >= 0.6 is 0 Å². The van der Waals surface area contributed by atoms with Gasteiger partial charge in [-0.2, -0.15) is 0 Å². The average molecular weight is 331 g/mol. The lowest BCUT2D eigenvalue weighted by Gasteiger charge is -2.07. The number of nitrogens with one attached hydrogen (secondary N) is 1. The molecule has 2 heterocycles. The fourth-order valence-electron chi connectivity index (χ4n) is 2.45. The Morgan fingerprint density at radius 1 is 1.20 bits per heavy atom. The molecule has 0 saturated carbocycles. The van der Waals surface area contributed by atoms with Crippen molar-refractivity contribution in [3.8, 4) is 17.6 Å². The van der Waals surface area contributed by atoms with Gasteiger partial charge in [-0.3, -0.25) is 9.78 Å². The number of rotatable bonds is 5. The molecule has 0 radical (unpaired) electrons. The highest BCUT2D eigenvalue weighted by Crippen LogP contribution is 2.20. The van der Waals surface area contributed by atoms with Crippen molar-refractivity contribution in [2.24, 2.45) is 0 Å². The first-order valence-electron chi connectivity index (χ1n) is 7.88. The number of para-hydroxylation sites is 1. The highest BCUT2D eigenvalue weighted by atomic mass is 16.5. The number of carbonyl (C=O) groups excluding carboxylic acids is 1. The maximum Gasteiger partial charge on any atom is 0.172 e. The second-order valence-corrected chi connectivity index (χ2v) is 5.26. The van der Waals surface area contributed by atoms with E-state index in [-0.39, 0.29) is 5.69 Å². The minimum absolute atomic E-state index is 0.260. The van der Waals surface area contributed by atoms with Crippen molar-refractivity contribution in [1.82, 2.24) is 9.97 Å². The Kier molecular flexibility index (Phi) is 5.22. The number of nitrogens with zero attached hydrogens (tertiary/aromatic N) is 2. The van der Waals surface area contributed by atoms with E-state index in [9.17, 15) is 4.79 Å². The number of aromatic nitrogens is 2. The van der Waals surface area contributed by atoms with Crippen molar-refractivity contribution in [3.63, 3.8) is 0 Å². The van der Waals surface area contributed by atoms with E-state index in [0.717, 1.165) is 16.6 Å². The van der Waals surface area contributed by atoms with Gasteiger partial charge in [0.05, 0.1) is 12.6 Å². The van der Waals surface area contributed by atoms with Gasteiger partial charge in [-0.25, -0.2) is 4.98 Å².